The lowest BCUT2D eigenvalue weighted by molar-refractivity contribution is -0.720. The van der Waals surface area contributed by atoms with Gasteiger partial charge >= 0.3 is 5.69 Å². The van der Waals surface area contributed by atoms with Crippen molar-refractivity contribution < 1.29 is 4.57 Å². The molecule has 0 atom stereocenters. The molecule has 0 saturated carbocycles. The van der Waals surface area contributed by atoms with Crippen LogP contribution in [0.25, 0.3) is 0 Å². The van der Waals surface area contributed by atoms with E-state index < -0.39 is 0 Å². The Hall–Kier alpha value is -1.12. The van der Waals surface area contributed by atoms with E-state index in [4.69, 9.17) is 0 Å². The first kappa shape index (κ1) is 9.96. The molecule has 0 aromatic carbocycles. The van der Waals surface area contributed by atoms with Crippen LogP contribution in [-0.4, -0.2) is 4.98 Å². The van der Waals surface area contributed by atoms with Crippen molar-refractivity contribution in [2.24, 2.45) is 0 Å². The smallest absolute Gasteiger partial charge is 0.211 e. The first-order valence-corrected chi connectivity index (χ1v) is 4.90. The molecule has 72 valence electrons. The largest absolute Gasteiger partial charge is 0.495 e. The van der Waals surface area contributed by atoms with Crippen LogP contribution in [0.2, 0.25) is 0 Å². The SMILES string of the molecule is CCCc1cc[nH]c(=O)[n+]1CCC. The Morgan fingerprint density at radius 2 is 2.15 bits per heavy atom. The molecule has 3 nitrogen and oxygen atoms in total. The van der Waals surface area contributed by atoms with Gasteiger partial charge in [0.2, 0.25) is 0 Å². The van der Waals surface area contributed by atoms with Crippen LogP contribution >= 0.6 is 0 Å². The molecule has 1 N–H and O–H groups in total. The number of rotatable bonds is 4. The van der Waals surface area contributed by atoms with Crippen LogP contribution in [0.1, 0.15) is 32.4 Å². The summed E-state index contributed by atoms with van der Waals surface area (Å²) in [4.78, 5) is 14.1. The van der Waals surface area contributed by atoms with Crippen LogP contribution in [0.4, 0.5) is 0 Å². The number of aromatic nitrogens is 2. The highest BCUT2D eigenvalue weighted by Gasteiger charge is 2.08. The van der Waals surface area contributed by atoms with Gasteiger partial charge in [-0.2, -0.15) is 9.36 Å². The molecule has 0 aliphatic carbocycles. The molecule has 1 aromatic heterocycles. The van der Waals surface area contributed by atoms with Gasteiger partial charge in [0.1, 0.15) is 5.69 Å². The summed E-state index contributed by atoms with van der Waals surface area (Å²) in [6.07, 6.45) is 4.77. The maximum absolute atomic E-state index is 11.4. The highest BCUT2D eigenvalue weighted by molar-refractivity contribution is 4.91. The van der Waals surface area contributed by atoms with E-state index in [1.807, 2.05) is 10.6 Å². The van der Waals surface area contributed by atoms with Gasteiger partial charge in [-0.3, -0.25) is 0 Å². The first-order chi connectivity index (χ1) is 6.29. The molecule has 0 unspecified atom stereocenters. The van der Waals surface area contributed by atoms with Gasteiger partial charge in [0.05, 0.1) is 12.7 Å². The fourth-order valence-corrected chi connectivity index (χ4v) is 1.45. The molecule has 1 heterocycles. The standard InChI is InChI=1S/C10H16N2O/c1-3-5-9-6-7-11-10(13)12(9)8-4-2/h6-7H,3-5,8H2,1-2H3/p+1. The number of H-pyrrole nitrogens is 1. The molecule has 0 saturated heterocycles. The molecule has 0 amide bonds. The third-order valence-corrected chi connectivity index (χ3v) is 2.03. The summed E-state index contributed by atoms with van der Waals surface area (Å²) in [7, 11) is 0. The summed E-state index contributed by atoms with van der Waals surface area (Å²) < 4.78 is 1.82. The molecule has 3 heteroatoms. The van der Waals surface area contributed by atoms with E-state index >= 15 is 0 Å². The molecule has 13 heavy (non-hydrogen) atoms. The molecule has 1 aromatic rings. The second-order valence-corrected chi connectivity index (χ2v) is 3.18. The zero-order valence-electron chi connectivity index (χ0n) is 8.34. The van der Waals surface area contributed by atoms with E-state index in [1.165, 1.54) is 0 Å². The van der Waals surface area contributed by atoms with Gasteiger partial charge in [-0.05, 0) is 12.8 Å². The Kier molecular flexibility index (Phi) is 3.68. The van der Waals surface area contributed by atoms with Crippen molar-refractivity contribution in [3.05, 3.63) is 28.4 Å². The molecule has 0 bridgehead atoms. The second-order valence-electron chi connectivity index (χ2n) is 3.18. The van der Waals surface area contributed by atoms with Crippen molar-refractivity contribution in [3.63, 3.8) is 0 Å². The van der Waals surface area contributed by atoms with E-state index in [-0.39, 0.29) is 5.69 Å². The summed E-state index contributed by atoms with van der Waals surface area (Å²) in [6.45, 7) is 5.01. The van der Waals surface area contributed by atoms with Crippen LogP contribution < -0.4 is 10.3 Å². The Morgan fingerprint density at radius 1 is 1.38 bits per heavy atom. The van der Waals surface area contributed by atoms with Crippen LogP contribution in [-0.2, 0) is 13.0 Å². The van der Waals surface area contributed by atoms with Crippen LogP contribution in [0.5, 0.6) is 0 Å². The molecular formula is C10H17N2O+. The predicted octanol–water partition coefficient (Wildman–Crippen LogP) is 1.02. The van der Waals surface area contributed by atoms with E-state index in [0.717, 1.165) is 31.5 Å². The Bertz CT molecular complexity index is 317. The van der Waals surface area contributed by atoms with Crippen molar-refractivity contribution in [2.75, 3.05) is 0 Å². The maximum atomic E-state index is 11.4. The third kappa shape index (κ3) is 2.41. The number of nitrogens with one attached hydrogen (secondary N) is 1. The predicted molar refractivity (Wildman–Crippen MR) is 51.5 cm³/mol. The number of hydrogen-bond acceptors (Lipinski definition) is 1. The zero-order chi connectivity index (χ0) is 9.68. The lowest BCUT2D eigenvalue weighted by atomic mass is 10.2. The highest BCUT2D eigenvalue weighted by Crippen LogP contribution is 1.93. The summed E-state index contributed by atoms with van der Waals surface area (Å²) in [5.74, 6) is 0. The van der Waals surface area contributed by atoms with Crippen molar-refractivity contribution >= 4 is 0 Å². The summed E-state index contributed by atoms with van der Waals surface area (Å²) >= 11 is 0. The topological polar surface area (TPSA) is 36.7 Å². The summed E-state index contributed by atoms with van der Waals surface area (Å²) in [6, 6.07) is 1.99. The lowest BCUT2D eigenvalue weighted by Crippen LogP contribution is -2.54. The lowest BCUT2D eigenvalue weighted by Gasteiger charge is -2.02. The zero-order valence-corrected chi connectivity index (χ0v) is 8.34. The minimum absolute atomic E-state index is 0.00722. The fourth-order valence-electron chi connectivity index (χ4n) is 1.45. The number of aromatic amines is 1. The highest BCUT2D eigenvalue weighted by atomic mass is 16.1. The quantitative estimate of drug-likeness (QED) is 0.692. The monoisotopic (exact) mass is 181 g/mol. The number of aryl methyl sites for hydroxylation is 1. The molecule has 0 aliphatic heterocycles. The van der Waals surface area contributed by atoms with Gasteiger partial charge in [0.25, 0.3) is 0 Å². The van der Waals surface area contributed by atoms with Gasteiger partial charge in [-0.15, -0.1) is 0 Å². The van der Waals surface area contributed by atoms with Gasteiger partial charge < -0.3 is 0 Å². The molecule has 0 aliphatic rings. The van der Waals surface area contributed by atoms with E-state index in [1.54, 1.807) is 6.20 Å². The molecule has 0 fully saturated rings. The Balaban J connectivity index is 3.02. The summed E-state index contributed by atoms with van der Waals surface area (Å²) in [5, 5.41) is 0. The van der Waals surface area contributed by atoms with Crippen LogP contribution in [0, 0.1) is 0 Å². The van der Waals surface area contributed by atoms with Crippen molar-refractivity contribution in [1.29, 1.82) is 0 Å². The minimum atomic E-state index is 0.00722. The van der Waals surface area contributed by atoms with Gasteiger partial charge in [-0.1, -0.05) is 13.8 Å². The molecule has 0 radical (unpaired) electrons. The molecular weight excluding hydrogens is 164 g/mol. The second kappa shape index (κ2) is 4.80. The van der Waals surface area contributed by atoms with Gasteiger partial charge in [0, 0.05) is 12.5 Å². The Labute approximate surface area is 78.4 Å². The van der Waals surface area contributed by atoms with Crippen molar-refractivity contribution in [3.8, 4) is 0 Å². The minimum Gasteiger partial charge on any atom is -0.211 e. The van der Waals surface area contributed by atoms with Crippen molar-refractivity contribution in [2.45, 2.75) is 39.7 Å². The maximum Gasteiger partial charge on any atom is 0.495 e. The van der Waals surface area contributed by atoms with Crippen LogP contribution in [0.3, 0.4) is 0 Å². The number of nitrogens with zero attached hydrogens (tertiary/aromatic N) is 1. The molecule has 1 rings (SSSR count). The Morgan fingerprint density at radius 3 is 2.77 bits per heavy atom. The van der Waals surface area contributed by atoms with Gasteiger partial charge in [-0.25, -0.2) is 4.98 Å². The first-order valence-electron chi connectivity index (χ1n) is 4.90. The summed E-state index contributed by atoms with van der Waals surface area (Å²) in [5.41, 5.74) is 1.14. The average Bonchev–Trinajstić information content (AvgIpc) is 2.11. The number of hydrogen-bond donors (Lipinski definition) is 1. The average molecular weight is 181 g/mol. The fraction of sp³-hybridized carbons (Fsp3) is 0.600. The third-order valence-electron chi connectivity index (χ3n) is 2.03. The van der Waals surface area contributed by atoms with E-state index in [2.05, 4.69) is 18.8 Å². The van der Waals surface area contributed by atoms with Crippen molar-refractivity contribution in [1.82, 2.24) is 4.98 Å². The van der Waals surface area contributed by atoms with E-state index in [0.29, 0.717) is 0 Å². The van der Waals surface area contributed by atoms with Gasteiger partial charge in [0.15, 0.2) is 0 Å². The molecule has 0 spiro atoms. The normalized spacial score (nSPS) is 10.3. The van der Waals surface area contributed by atoms with E-state index in [9.17, 15) is 4.79 Å². The van der Waals surface area contributed by atoms with Crippen LogP contribution in [0.15, 0.2) is 17.1 Å².